The first-order valence-corrected chi connectivity index (χ1v) is 6.05. The summed E-state index contributed by atoms with van der Waals surface area (Å²) in [6.45, 7) is 1.87. The highest BCUT2D eigenvalue weighted by Gasteiger charge is 2.12. The number of fused-ring (bicyclic) bond motifs is 1. The van der Waals surface area contributed by atoms with Gasteiger partial charge in [-0.2, -0.15) is 0 Å². The quantitative estimate of drug-likeness (QED) is 0.802. The Kier molecular flexibility index (Phi) is 3.42. The van der Waals surface area contributed by atoms with E-state index >= 15 is 0 Å². The van der Waals surface area contributed by atoms with E-state index < -0.39 is 0 Å². The number of aliphatic hydroxyl groups is 1. The van der Waals surface area contributed by atoms with E-state index in [1.807, 2.05) is 6.92 Å². The van der Waals surface area contributed by atoms with Gasteiger partial charge in [0.25, 0.3) is 0 Å². The molecule has 2 rings (SSSR count). The number of rotatable bonds is 3. The minimum Gasteiger partial charge on any atom is -0.393 e. The first-order chi connectivity index (χ1) is 7.27. The van der Waals surface area contributed by atoms with Crippen molar-refractivity contribution in [2.75, 3.05) is 0 Å². The molecule has 0 saturated heterocycles. The van der Waals surface area contributed by atoms with E-state index in [4.69, 9.17) is 0 Å². The zero-order valence-electron chi connectivity index (χ0n) is 9.50. The third-order valence-electron chi connectivity index (χ3n) is 3.32. The van der Waals surface area contributed by atoms with E-state index in [0.29, 0.717) is 0 Å². The zero-order valence-corrected chi connectivity index (χ0v) is 9.50. The first-order valence-electron chi connectivity index (χ1n) is 6.05. The van der Waals surface area contributed by atoms with Crippen molar-refractivity contribution in [3.8, 4) is 0 Å². The summed E-state index contributed by atoms with van der Waals surface area (Å²) in [7, 11) is 0. The Hall–Kier alpha value is -0.820. The largest absolute Gasteiger partial charge is 0.393 e. The third-order valence-corrected chi connectivity index (χ3v) is 3.32. The molecule has 0 radical (unpaired) electrons. The molecule has 0 unspecified atom stereocenters. The van der Waals surface area contributed by atoms with Crippen molar-refractivity contribution >= 4 is 0 Å². The van der Waals surface area contributed by atoms with Crippen LogP contribution >= 0.6 is 0 Å². The maximum atomic E-state index is 9.32. The van der Waals surface area contributed by atoms with Gasteiger partial charge in [0.1, 0.15) is 0 Å². The Morgan fingerprint density at radius 1 is 1.27 bits per heavy atom. The van der Waals surface area contributed by atoms with Crippen LogP contribution in [0.5, 0.6) is 0 Å². The fourth-order valence-corrected chi connectivity index (χ4v) is 2.46. The van der Waals surface area contributed by atoms with Crippen LogP contribution in [0.2, 0.25) is 0 Å². The Bertz CT molecular complexity index is 328. The van der Waals surface area contributed by atoms with Gasteiger partial charge in [-0.1, -0.05) is 18.2 Å². The van der Waals surface area contributed by atoms with Gasteiger partial charge in [0.15, 0.2) is 0 Å². The van der Waals surface area contributed by atoms with Crippen LogP contribution in [0, 0.1) is 0 Å². The molecule has 0 amide bonds. The molecule has 0 saturated carbocycles. The van der Waals surface area contributed by atoms with Crippen molar-refractivity contribution in [3.05, 3.63) is 34.9 Å². The second kappa shape index (κ2) is 4.80. The van der Waals surface area contributed by atoms with Crippen molar-refractivity contribution in [1.29, 1.82) is 0 Å². The summed E-state index contributed by atoms with van der Waals surface area (Å²) in [6, 6.07) is 6.66. The summed E-state index contributed by atoms with van der Waals surface area (Å²) < 4.78 is 0. The van der Waals surface area contributed by atoms with E-state index in [1.165, 1.54) is 31.2 Å². The van der Waals surface area contributed by atoms with Crippen LogP contribution in [0.4, 0.5) is 0 Å². The van der Waals surface area contributed by atoms with Crippen molar-refractivity contribution in [3.63, 3.8) is 0 Å². The normalized spacial score (nSPS) is 17.2. The van der Waals surface area contributed by atoms with Crippen LogP contribution in [0.15, 0.2) is 18.2 Å². The fraction of sp³-hybridized carbons (Fsp3) is 0.571. The summed E-state index contributed by atoms with van der Waals surface area (Å²) in [5.74, 6) is 0. The second-order valence-electron chi connectivity index (χ2n) is 4.65. The molecule has 1 atom stereocenters. The Balaban J connectivity index is 2.16. The number of aliphatic hydroxyl groups excluding tert-OH is 1. The number of benzene rings is 1. The SMILES string of the molecule is C[C@@H](O)CCc1cccc2c1CCCC2. The highest BCUT2D eigenvalue weighted by Crippen LogP contribution is 2.25. The molecular formula is C14H20O. The van der Waals surface area contributed by atoms with E-state index in [1.54, 1.807) is 11.1 Å². The van der Waals surface area contributed by atoms with Gasteiger partial charge < -0.3 is 5.11 Å². The molecule has 0 bridgehead atoms. The maximum absolute atomic E-state index is 9.32. The molecule has 0 aromatic heterocycles. The molecule has 0 spiro atoms. The van der Waals surface area contributed by atoms with E-state index in [2.05, 4.69) is 18.2 Å². The summed E-state index contributed by atoms with van der Waals surface area (Å²) in [6.07, 6.45) is 6.90. The van der Waals surface area contributed by atoms with Crippen LogP contribution in [0.3, 0.4) is 0 Å². The predicted molar refractivity (Wildman–Crippen MR) is 63.1 cm³/mol. The van der Waals surface area contributed by atoms with E-state index in [9.17, 15) is 5.11 Å². The lowest BCUT2D eigenvalue weighted by molar-refractivity contribution is 0.185. The van der Waals surface area contributed by atoms with Crippen molar-refractivity contribution in [2.24, 2.45) is 0 Å². The predicted octanol–water partition coefficient (Wildman–Crippen LogP) is 2.88. The maximum Gasteiger partial charge on any atom is 0.0515 e. The summed E-state index contributed by atoms with van der Waals surface area (Å²) in [5.41, 5.74) is 4.59. The Morgan fingerprint density at radius 3 is 2.87 bits per heavy atom. The Labute approximate surface area is 92.1 Å². The molecule has 82 valence electrons. The summed E-state index contributed by atoms with van der Waals surface area (Å²) in [4.78, 5) is 0. The molecule has 1 aromatic carbocycles. The minimum atomic E-state index is -0.176. The molecule has 1 N–H and O–H groups in total. The van der Waals surface area contributed by atoms with Crippen LogP contribution in [-0.2, 0) is 19.3 Å². The van der Waals surface area contributed by atoms with Crippen LogP contribution in [0.1, 0.15) is 42.9 Å². The highest BCUT2D eigenvalue weighted by molar-refractivity contribution is 5.37. The fourth-order valence-electron chi connectivity index (χ4n) is 2.46. The monoisotopic (exact) mass is 204 g/mol. The van der Waals surface area contributed by atoms with Gasteiger partial charge >= 0.3 is 0 Å². The van der Waals surface area contributed by atoms with E-state index in [-0.39, 0.29) is 6.10 Å². The van der Waals surface area contributed by atoms with Crippen molar-refractivity contribution in [1.82, 2.24) is 0 Å². The van der Waals surface area contributed by atoms with Crippen LogP contribution in [-0.4, -0.2) is 11.2 Å². The Morgan fingerprint density at radius 2 is 2.07 bits per heavy atom. The molecular weight excluding hydrogens is 184 g/mol. The van der Waals surface area contributed by atoms with Gasteiger partial charge in [0.05, 0.1) is 6.10 Å². The molecule has 1 aromatic rings. The highest BCUT2D eigenvalue weighted by atomic mass is 16.3. The van der Waals surface area contributed by atoms with Gasteiger partial charge in [-0.15, -0.1) is 0 Å². The molecule has 1 aliphatic carbocycles. The first kappa shape index (κ1) is 10.7. The lowest BCUT2D eigenvalue weighted by atomic mass is 9.87. The van der Waals surface area contributed by atoms with Gasteiger partial charge in [-0.25, -0.2) is 0 Å². The van der Waals surface area contributed by atoms with Gasteiger partial charge in [0.2, 0.25) is 0 Å². The van der Waals surface area contributed by atoms with Gasteiger partial charge in [-0.05, 0) is 62.1 Å². The summed E-state index contributed by atoms with van der Waals surface area (Å²) >= 11 is 0. The number of hydrogen-bond donors (Lipinski definition) is 1. The lowest BCUT2D eigenvalue weighted by Gasteiger charge is -2.19. The lowest BCUT2D eigenvalue weighted by Crippen LogP contribution is -2.08. The second-order valence-corrected chi connectivity index (χ2v) is 4.65. The van der Waals surface area contributed by atoms with Crippen molar-refractivity contribution in [2.45, 2.75) is 51.6 Å². The third kappa shape index (κ3) is 2.60. The molecule has 0 fully saturated rings. The average Bonchev–Trinajstić information content (AvgIpc) is 2.26. The summed E-state index contributed by atoms with van der Waals surface area (Å²) in [5, 5.41) is 9.32. The van der Waals surface area contributed by atoms with Gasteiger partial charge in [0, 0.05) is 0 Å². The zero-order chi connectivity index (χ0) is 10.7. The topological polar surface area (TPSA) is 20.2 Å². The minimum absolute atomic E-state index is 0.176. The molecule has 1 aliphatic rings. The number of hydrogen-bond acceptors (Lipinski definition) is 1. The smallest absolute Gasteiger partial charge is 0.0515 e. The number of aryl methyl sites for hydroxylation is 2. The average molecular weight is 204 g/mol. The van der Waals surface area contributed by atoms with Crippen LogP contribution in [0.25, 0.3) is 0 Å². The van der Waals surface area contributed by atoms with Crippen LogP contribution < -0.4 is 0 Å². The molecule has 15 heavy (non-hydrogen) atoms. The molecule has 0 heterocycles. The molecule has 1 nitrogen and oxygen atoms in total. The molecule has 1 heteroatoms. The van der Waals surface area contributed by atoms with Crippen molar-refractivity contribution < 1.29 is 5.11 Å². The molecule has 0 aliphatic heterocycles. The van der Waals surface area contributed by atoms with Gasteiger partial charge in [-0.3, -0.25) is 0 Å². The van der Waals surface area contributed by atoms with E-state index in [0.717, 1.165) is 12.8 Å². The standard InChI is InChI=1S/C14H20O/c1-11(15)9-10-13-7-4-6-12-5-2-3-8-14(12)13/h4,6-7,11,15H,2-3,5,8-10H2,1H3/t11-/m1/s1.